The highest BCUT2D eigenvalue weighted by Gasteiger charge is 2.35. The summed E-state index contributed by atoms with van der Waals surface area (Å²) in [6.07, 6.45) is 2.38. The third-order valence-electron chi connectivity index (χ3n) is 4.39. The molecular formula is C18H25N3O4S. The minimum atomic E-state index is -3.65. The van der Waals surface area contributed by atoms with Crippen LogP contribution >= 0.6 is 0 Å². The second-order valence-corrected chi connectivity index (χ2v) is 9.18. The summed E-state index contributed by atoms with van der Waals surface area (Å²) in [5, 5.41) is 2.80. The maximum atomic E-state index is 12.3. The van der Waals surface area contributed by atoms with Crippen LogP contribution in [0.5, 0.6) is 0 Å². The van der Waals surface area contributed by atoms with Gasteiger partial charge in [-0.25, -0.2) is 4.79 Å². The first-order valence-corrected chi connectivity index (χ1v) is 10.3. The Balaban J connectivity index is 1.77. The zero-order valence-corrected chi connectivity index (χ0v) is 16.2. The highest BCUT2D eigenvalue weighted by atomic mass is 32.2. The number of amidine groups is 1. The van der Waals surface area contributed by atoms with E-state index in [1.807, 2.05) is 31.7 Å². The molecule has 8 heteroatoms. The second kappa shape index (κ2) is 6.90. The van der Waals surface area contributed by atoms with Crippen LogP contribution in [0.4, 0.5) is 4.79 Å². The number of hydrogen-bond donors (Lipinski definition) is 1. The molecule has 142 valence electrons. The summed E-state index contributed by atoms with van der Waals surface area (Å²) in [6.45, 7) is 6.54. The summed E-state index contributed by atoms with van der Waals surface area (Å²) in [4.78, 5) is 14.2. The van der Waals surface area contributed by atoms with Crippen molar-refractivity contribution >= 4 is 22.0 Å². The fourth-order valence-corrected chi connectivity index (χ4v) is 4.52. The van der Waals surface area contributed by atoms with E-state index in [0.717, 1.165) is 19.3 Å². The van der Waals surface area contributed by atoms with E-state index in [0.29, 0.717) is 24.5 Å². The molecule has 0 unspecified atom stereocenters. The Bertz CT molecular complexity index is 827. The van der Waals surface area contributed by atoms with E-state index in [-0.39, 0.29) is 10.9 Å². The van der Waals surface area contributed by atoms with Gasteiger partial charge in [0.1, 0.15) is 10.5 Å². The molecule has 0 aromatic heterocycles. The highest BCUT2D eigenvalue weighted by Crippen LogP contribution is 2.30. The Labute approximate surface area is 154 Å². The number of nitrogens with zero attached hydrogens (tertiary/aromatic N) is 2. The second-order valence-electron chi connectivity index (χ2n) is 7.61. The number of nitrogens with one attached hydrogen (secondary N) is 1. The molecule has 3 rings (SSSR count). The Morgan fingerprint density at radius 2 is 2.04 bits per heavy atom. The zero-order chi connectivity index (χ0) is 18.9. The molecule has 0 bridgehead atoms. The molecule has 1 fully saturated rings. The Morgan fingerprint density at radius 1 is 1.31 bits per heavy atom. The number of rotatable bonds is 2. The van der Waals surface area contributed by atoms with Crippen molar-refractivity contribution in [1.82, 2.24) is 10.2 Å². The van der Waals surface area contributed by atoms with E-state index in [1.165, 1.54) is 0 Å². The number of sulfonamides is 1. The molecular weight excluding hydrogens is 354 g/mol. The lowest BCUT2D eigenvalue weighted by Crippen LogP contribution is -2.50. The van der Waals surface area contributed by atoms with Gasteiger partial charge in [0.2, 0.25) is 0 Å². The van der Waals surface area contributed by atoms with E-state index in [1.54, 1.807) is 18.2 Å². The van der Waals surface area contributed by atoms with Crippen molar-refractivity contribution in [3.05, 3.63) is 29.8 Å². The van der Waals surface area contributed by atoms with Gasteiger partial charge in [0.15, 0.2) is 5.84 Å². The quantitative estimate of drug-likeness (QED) is 0.853. The maximum absolute atomic E-state index is 12.3. The molecule has 1 saturated heterocycles. The lowest BCUT2D eigenvalue weighted by Gasteiger charge is -2.37. The van der Waals surface area contributed by atoms with E-state index >= 15 is 0 Å². The molecule has 0 radical (unpaired) electrons. The predicted octanol–water partition coefficient (Wildman–Crippen LogP) is 2.51. The summed E-state index contributed by atoms with van der Waals surface area (Å²) in [6, 6.07) is 6.86. The van der Waals surface area contributed by atoms with Crippen LogP contribution < -0.4 is 5.32 Å². The van der Waals surface area contributed by atoms with Gasteiger partial charge in [-0.15, -0.1) is 4.40 Å². The van der Waals surface area contributed by atoms with Crippen LogP contribution in [0.3, 0.4) is 0 Å². The molecule has 2 aliphatic rings. The topological polar surface area (TPSA) is 88.1 Å². The van der Waals surface area contributed by atoms with Crippen molar-refractivity contribution in [3.63, 3.8) is 0 Å². The number of piperidine rings is 1. The molecule has 0 aliphatic carbocycles. The molecule has 7 nitrogen and oxygen atoms in total. The summed E-state index contributed by atoms with van der Waals surface area (Å²) >= 11 is 0. The van der Waals surface area contributed by atoms with Gasteiger partial charge < -0.3 is 15.0 Å². The van der Waals surface area contributed by atoms with E-state index in [9.17, 15) is 13.2 Å². The lowest BCUT2D eigenvalue weighted by atomic mass is 10.0. The molecule has 1 aromatic carbocycles. The van der Waals surface area contributed by atoms with Gasteiger partial charge in [-0.1, -0.05) is 12.1 Å². The van der Waals surface area contributed by atoms with Crippen molar-refractivity contribution in [2.75, 3.05) is 13.1 Å². The summed E-state index contributed by atoms with van der Waals surface area (Å²) < 4.78 is 34.0. The number of carbonyl (C=O) groups is 1. The fraction of sp³-hybridized carbons (Fsp3) is 0.556. The number of hydrogen-bond acceptors (Lipinski definition) is 5. The number of carbonyl (C=O) groups excluding carboxylic acids is 1. The molecule has 2 heterocycles. The van der Waals surface area contributed by atoms with E-state index < -0.39 is 21.7 Å². The molecule has 0 saturated carbocycles. The third-order valence-corrected chi connectivity index (χ3v) is 5.72. The first-order valence-electron chi connectivity index (χ1n) is 8.85. The van der Waals surface area contributed by atoms with Crippen molar-refractivity contribution in [3.8, 4) is 0 Å². The van der Waals surface area contributed by atoms with Gasteiger partial charge in [0, 0.05) is 24.7 Å². The van der Waals surface area contributed by atoms with Gasteiger partial charge >= 0.3 is 6.09 Å². The SMILES string of the molecule is CC(C)(C)OC(=O)NC[C@H]1CCCCN1C1=NS(=O)(=O)c2ccccc21. The largest absolute Gasteiger partial charge is 0.444 e. The Morgan fingerprint density at radius 3 is 2.77 bits per heavy atom. The smallest absolute Gasteiger partial charge is 0.407 e. The minimum absolute atomic E-state index is 0.0172. The molecule has 1 N–H and O–H groups in total. The number of amides is 1. The summed E-state index contributed by atoms with van der Waals surface area (Å²) in [5.41, 5.74) is 0.0791. The third kappa shape index (κ3) is 4.00. The predicted molar refractivity (Wildman–Crippen MR) is 98.7 cm³/mol. The molecule has 2 aliphatic heterocycles. The molecule has 0 spiro atoms. The molecule has 1 aromatic rings. The first-order chi connectivity index (χ1) is 12.2. The van der Waals surface area contributed by atoms with Crippen LogP contribution in [0.2, 0.25) is 0 Å². The number of ether oxygens (including phenoxy) is 1. The van der Waals surface area contributed by atoms with E-state index in [2.05, 4.69) is 9.71 Å². The van der Waals surface area contributed by atoms with Crippen LogP contribution in [-0.4, -0.2) is 50.0 Å². The number of fused-ring (bicyclic) bond motifs is 1. The minimum Gasteiger partial charge on any atom is -0.444 e. The van der Waals surface area contributed by atoms with Gasteiger partial charge in [-0.2, -0.15) is 8.42 Å². The average Bonchev–Trinajstić information content (AvgIpc) is 2.84. The fourth-order valence-electron chi connectivity index (χ4n) is 3.30. The zero-order valence-electron chi connectivity index (χ0n) is 15.4. The molecule has 26 heavy (non-hydrogen) atoms. The van der Waals surface area contributed by atoms with Crippen LogP contribution in [0.25, 0.3) is 0 Å². The number of benzene rings is 1. The van der Waals surface area contributed by atoms with Gasteiger partial charge in [0.05, 0.1) is 0 Å². The Hall–Kier alpha value is -2.09. The Kier molecular flexibility index (Phi) is 4.96. The monoisotopic (exact) mass is 379 g/mol. The lowest BCUT2D eigenvalue weighted by molar-refractivity contribution is 0.0511. The van der Waals surface area contributed by atoms with Crippen LogP contribution in [0.15, 0.2) is 33.6 Å². The summed E-state index contributed by atoms with van der Waals surface area (Å²) in [5.74, 6) is 0.483. The first kappa shape index (κ1) is 18.7. The number of alkyl carbamates (subject to hydrolysis) is 1. The van der Waals surface area contributed by atoms with Crippen LogP contribution in [0.1, 0.15) is 45.6 Å². The van der Waals surface area contributed by atoms with Crippen molar-refractivity contribution < 1.29 is 17.9 Å². The normalized spacial score (nSPS) is 21.7. The highest BCUT2D eigenvalue weighted by molar-refractivity contribution is 7.90. The molecule has 1 atom stereocenters. The summed E-state index contributed by atoms with van der Waals surface area (Å²) in [7, 11) is -3.65. The van der Waals surface area contributed by atoms with Crippen molar-refractivity contribution in [2.45, 2.75) is 56.6 Å². The molecule has 1 amide bonds. The number of likely N-dealkylation sites (tertiary alicyclic amines) is 1. The average molecular weight is 379 g/mol. The van der Waals surface area contributed by atoms with E-state index in [4.69, 9.17) is 4.74 Å². The van der Waals surface area contributed by atoms with Crippen molar-refractivity contribution in [1.29, 1.82) is 0 Å². The standard InChI is InChI=1S/C18H25N3O4S/c1-18(2,3)25-17(22)19-12-13-8-6-7-11-21(13)16-14-9-4-5-10-15(14)26(23,24)20-16/h4-5,9-10,13H,6-8,11-12H2,1-3H3,(H,19,22)/t13-/m1/s1. The van der Waals surface area contributed by atoms with Crippen LogP contribution in [0, 0.1) is 0 Å². The van der Waals surface area contributed by atoms with Gasteiger partial charge in [0.25, 0.3) is 10.0 Å². The van der Waals surface area contributed by atoms with Crippen LogP contribution in [-0.2, 0) is 14.8 Å². The van der Waals surface area contributed by atoms with Gasteiger partial charge in [-0.05, 0) is 52.2 Å². The van der Waals surface area contributed by atoms with Gasteiger partial charge in [-0.3, -0.25) is 0 Å². The van der Waals surface area contributed by atoms with Crippen molar-refractivity contribution in [2.24, 2.45) is 4.40 Å². The maximum Gasteiger partial charge on any atom is 0.407 e.